The summed E-state index contributed by atoms with van der Waals surface area (Å²) in [5.41, 5.74) is 4.52. The van der Waals surface area contributed by atoms with Gasteiger partial charge >= 0.3 is 0 Å². The molecule has 0 spiro atoms. The lowest BCUT2D eigenvalue weighted by Crippen LogP contribution is -1.99. The summed E-state index contributed by atoms with van der Waals surface area (Å²) < 4.78 is 12.3. The van der Waals surface area contributed by atoms with Crippen LogP contribution in [0.25, 0.3) is 32.7 Å². The summed E-state index contributed by atoms with van der Waals surface area (Å²) in [6.07, 6.45) is 0. The van der Waals surface area contributed by atoms with E-state index in [1.165, 1.54) is 16.3 Å². The summed E-state index contributed by atoms with van der Waals surface area (Å²) in [5, 5.41) is 4.68. The molecule has 0 aliphatic carbocycles. The monoisotopic (exact) mass is 404 g/mol. The Labute approximate surface area is 182 Å². The Balaban J connectivity index is 1.77. The quantitative estimate of drug-likeness (QED) is 0.301. The average molecular weight is 405 g/mol. The summed E-state index contributed by atoms with van der Waals surface area (Å²) in [6.45, 7) is 2.63. The van der Waals surface area contributed by atoms with Gasteiger partial charge in [-0.1, -0.05) is 90.5 Å². The van der Waals surface area contributed by atoms with Gasteiger partial charge in [-0.15, -0.1) is 0 Å². The summed E-state index contributed by atoms with van der Waals surface area (Å²) in [6, 6.07) is 33.7. The molecule has 0 heterocycles. The van der Waals surface area contributed by atoms with Crippen LogP contribution in [0.1, 0.15) is 11.1 Å². The summed E-state index contributed by atoms with van der Waals surface area (Å²) in [7, 11) is 1.73. The van der Waals surface area contributed by atoms with E-state index in [0.29, 0.717) is 6.61 Å². The number of hydrogen-bond acceptors (Lipinski definition) is 2. The first-order chi connectivity index (χ1) is 15.2. The third-order valence-electron chi connectivity index (χ3n) is 5.73. The highest BCUT2D eigenvalue weighted by Crippen LogP contribution is 2.45. The van der Waals surface area contributed by atoms with E-state index in [9.17, 15) is 0 Å². The van der Waals surface area contributed by atoms with Crippen molar-refractivity contribution >= 4 is 21.5 Å². The molecule has 5 aromatic carbocycles. The summed E-state index contributed by atoms with van der Waals surface area (Å²) in [5.74, 6) is 1.70. The molecule has 0 aromatic heterocycles. The van der Waals surface area contributed by atoms with Crippen LogP contribution in [0.5, 0.6) is 11.5 Å². The van der Waals surface area contributed by atoms with Gasteiger partial charge in [0.2, 0.25) is 0 Å². The van der Waals surface area contributed by atoms with Gasteiger partial charge in [0.05, 0.1) is 7.11 Å². The van der Waals surface area contributed by atoms with Crippen molar-refractivity contribution in [1.82, 2.24) is 0 Å². The fraction of sp³-hybridized carbons (Fsp3) is 0.103. The molecular formula is C29H24O2. The van der Waals surface area contributed by atoms with Gasteiger partial charge in [0, 0.05) is 11.1 Å². The Morgan fingerprint density at radius 3 is 2.13 bits per heavy atom. The van der Waals surface area contributed by atoms with Crippen LogP contribution in [0.15, 0.2) is 97.1 Å². The van der Waals surface area contributed by atoms with Gasteiger partial charge in [0.25, 0.3) is 0 Å². The molecule has 0 atom stereocenters. The molecule has 0 fully saturated rings. The first-order valence-electron chi connectivity index (χ1n) is 10.5. The third kappa shape index (κ3) is 3.62. The van der Waals surface area contributed by atoms with E-state index in [0.717, 1.165) is 39.0 Å². The number of fused-ring (bicyclic) bond motifs is 2. The minimum Gasteiger partial charge on any atom is -0.496 e. The minimum atomic E-state index is 0.512. The van der Waals surface area contributed by atoms with E-state index < -0.39 is 0 Å². The zero-order valence-corrected chi connectivity index (χ0v) is 17.8. The van der Waals surface area contributed by atoms with Crippen LogP contribution in [0.3, 0.4) is 0 Å². The van der Waals surface area contributed by atoms with Crippen LogP contribution in [0.4, 0.5) is 0 Å². The van der Waals surface area contributed by atoms with Crippen molar-refractivity contribution in [3.05, 3.63) is 108 Å². The van der Waals surface area contributed by atoms with Crippen molar-refractivity contribution in [2.24, 2.45) is 0 Å². The van der Waals surface area contributed by atoms with Crippen molar-refractivity contribution < 1.29 is 9.47 Å². The number of ether oxygens (including phenoxy) is 2. The highest BCUT2D eigenvalue weighted by atomic mass is 16.5. The van der Waals surface area contributed by atoms with E-state index in [-0.39, 0.29) is 0 Å². The van der Waals surface area contributed by atoms with Crippen LogP contribution in [-0.4, -0.2) is 7.11 Å². The molecule has 0 saturated carbocycles. The van der Waals surface area contributed by atoms with Gasteiger partial charge in [0.15, 0.2) is 0 Å². The lowest BCUT2D eigenvalue weighted by Gasteiger charge is -2.19. The molecule has 2 heteroatoms. The fourth-order valence-electron chi connectivity index (χ4n) is 4.22. The van der Waals surface area contributed by atoms with Gasteiger partial charge in [-0.25, -0.2) is 0 Å². The summed E-state index contributed by atoms with van der Waals surface area (Å²) in [4.78, 5) is 0. The number of rotatable bonds is 5. The van der Waals surface area contributed by atoms with Gasteiger partial charge in [-0.2, -0.15) is 0 Å². The molecule has 0 aliphatic heterocycles. The maximum atomic E-state index is 6.40. The van der Waals surface area contributed by atoms with E-state index in [1.807, 2.05) is 18.2 Å². The van der Waals surface area contributed by atoms with Crippen molar-refractivity contribution in [2.45, 2.75) is 13.5 Å². The van der Waals surface area contributed by atoms with E-state index in [1.54, 1.807) is 7.11 Å². The molecule has 2 nitrogen and oxygen atoms in total. The number of hydrogen-bond donors (Lipinski definition) is 0. The Hall–Kier alpha value is -3.78. The predicted molar refractivity (Wildman–Crippen MR) is 129 cm³/mol. The molecule has 5 rings (SSSR count). The molecule has 0 unspecified atom stereocenters. The molecule has 0 bridgehead atoms. The van der Waals surface area contributed by atoms with Gasteiger partial charge < -0.3 is 9.47 Å². The SMILES string of the molecule is COc1ccc2cc(C)ccc2c1-c1c(OCc2ccccc2)ccc2ccccc12. The number of benzene rings is 5. The highest BCUT2D eigenvalue weighted by molar-refractivity contribution is 6.09. The molecule has 0 N–H and O–H groups in total. The van der Waals surface area contributed by atoms with Crippen molar-refractivity contribution in [3.63, 3.8) is 0 Å². The van der Waals surface area contributed by atoms with Gasteiger partial charge in [-0.3, -0.25) is 0 Å². The van der Waals surface area contributed by atoms with Crippen molar-refractivity contribution in [2.75, 3.05) is 7.11 Å². The maximum absolute atomic E-state index is 6.40. The Morgan fingerprint density at radius 1 is 0.613 bits per heavy atom. The number of methoxy groups -OCH3 is 1. The van der Waals surface area contributed by atoms with Crippen LogP contribution < -0.4 is 9.47 Å². The predicted octanol–water partition coefficient (Wildman–Crippen LogP) is 7.56. The van der Waals surface area contributed by atoms with E-state index in [4.69, 9.17) is 9.47 Å². The second-order valence-electron chi connectivity index (χ2n) is 7.80. The molecule has 152 valence electrons. The van der Waals surface area contributed by atoms with Crippen molar-refractivity contribution in [1.29, 1.82) is 0 Å². The van der Waals surface area contributed by atoms with Crippen LogP contribution in [0.2, 0.25) is 0 Å². The van der Waals surface area contributed by atoms with E-state index >= 15 is 0 Å². The third-order valence-corrected chi connectivity index (χ3v) is 5.73. The van der Waals surface area contributed by atoms with Gasteiger partial charge in [-0.05, 0) is 46.2 Å². The zero-order chi connectivity index (χ0) is 21.2. The normalized spacial score (nSPS) is 11.0. The van der Waals surface area contributed by atoms with Crippen molar-refractivity contribution in [3.8, 4) is 22.6 Å². The van der Waals surface area contributed by atoms with Crippen LogP contribution >= 0.6 is 0 Å². The largest absolute Gasteiger partial charge is 0.496 e. The van der Waals surface area contributed by atoms with Gasteiger partial charge in [0.1, 0.15) is 18.1 Å². The Morgan fingerprint density at radius 2 is 1.29 bits per heavy atom. The zero-order valence-electron chi connectivity index (χ0n) is 17.8. The molecule has 0 aliphatic rings. The lowest BCUT2D eigenvalue weighted by molar-refractivity contribution is 0.308. The highest BCUT2D eigenvalue weighted by Gasteiger charge is 2.18. The first kappa shape index (κ1) is 19.2. The molecule has 5 aromatic rings. The maximum Gasteiger partial charge on any atom is 0.128 e. The molecule has 0 radical (unpaired) electrons. The standard InChI is InChI=1S/C29H24O2/c1-20-12-15-25-23(18-20)14-16-26(30-2)28(25)29-24-11-7-6-10-22(24)13-17-27(29)31-19-21-8-4-3-5-9-21/h3-18H,19H2,1-2H3. The molecule has 0 saturated heterocycles. The van der Waals surface area contributed by atoms with Crippen LogP contribution in [-0.2, 0) is 6.61 Å². The fourth-order valence-corrected chi connectivity index (χ4v) is 4.22. The number of aryl methyl sites for hydroxylation is 1. The molecule has 31 heavy (non-hydrogen) atoms. The smallest absolute Gasteiger partial charge is 0.128 e. The van der Waals surface area contributed by atoms with Crippen LogP contribution in [0, 0.1) is 6.92 Å². The minimum absolute atomic E-state index is 0.512. The van der Waals surface area contributed by atoms with E-state index in [2.05, 4.69) is 85.8 Å². The second kappa shape index (κ2) is 8.16. The molecular weight excluding hydrogens is 380 g/mol. The lowest BCUT2D eigenvalue weighted by atomic mass is 9.91. The summed E-state index contributed by atoms with van der Waals surface area (Å²) >= 11 is 0. The Kier molecular flexibility index (Phi) is 5.05. The topological polar surface area (TPSA) is 18.5 Å². The molecule has 0 amide bonds. The Bertz CT molecular complexity index is 1370. The first-order valence-corrected chi connectivity index (χ1v) is 10.5. The second-order valence-corrected chi connectivity index (χ2v) is 7.80. The average Bonchev–Trinajstić information content (AvgIpc) is 2.82.